The highest BCUT2D eigenvalue weighted by Crippen LogP contribution is 2.42. The fourth-order valence-electron chi connectivity index (χ4n) is 4.34. The van der Waals surface area contributed by atoms with E-state index in [0.29, 0.717) is 35.6 Å². The lowest BCUT2D eigenvalue weighted by Crippen LogP contribution is -2.12. The maximum Gasteiger partial charge on any atom is 0.259 e. The first-order chi connectivity index (χ1) is 18.2. The molecule has 0 saturated heterocycles. The summed E-state index contributed by atoms with van der Waals surface area (Å²) in [6.07, 6.45) is 3.57. The lowest BCUT2D eigenvalue weighted by atomic mass is 9.85. The van der Waals surface area contributed by atoms with Crippen LogP contribution in [0.1, 0.15) is 106 Å². The third kappa shape index (κ3) is 6.55. The zero-order valence-electron chi connectivity index (χ0n) is 23.3. The Morgan fingerprint density at radius 2 is 1.47 bits per heavy atom. The van der Waals surface area contributed by atoms with E-state index in [2.05, 4.69) is 64.3 Å². The maximum atomic E-state index is 12.8. The molecule has 3 N–H and O–H groups in total. The molecule has 3 unspecified atom stereocenters. The van der Waals surface area contributed by atoms with Gasteiger partial charge in [0.15, 0.2) is 5.75 Å². The summed E-state index contributed by atoms with van der Waals surface area (Å²) in [5.74, 6) is 2.04. The van der Waals surface area contributed by atoms with E-state index in [-0.39, 0.29) is 17.0 Å². The Hall–Kier alpha value is -3.80. The number of aromatic hydroxyl groups is 1. The van der Waals surface area contributed by atoms with E-state index in [1.807, 2.05) is 12.1 Å². The van der Waals surface area contributed by atoms with Gasteiger partial charge in [0.2, 0.25) is 6.41 Å². The van der Waals surface area contributed by atoms with Gasteiger partial charge >= 0.3 is 0 Å². The van der Waals surface area contributed by atoms with Crippen molar-refractivity contribution in [3.63, 3.8) is 0 Å². The van der Waals surface area contributed by atoms with Gasteiger partial charge in [0.1, 0.15) is 11.5 Å². The van der Waals surface area contributed by atoms with Crippen LogP contribution in [0.2, 0.25) is 0 Å². The van der Waals surface area contributed by atoms with Gasteiger partial charge in [-0.2, -0.15) is 0 Å². The zero-order valence-corrected chi connectivity index (χ0v) is 23.3. The van der Waals surface area contributed by atoms with E-state index in [4.69, 9.17) is 4.74 Å². The molecule has 0 aliphatic heterocycles. The van der Waals surface area contributed by atoms with Crippen molar-refractivity contribution in [1.82, 2.24) is 0 Å². The summed E-state index contributed by atoms with van der Waals surface area (Å²) in [6.45, 7) is 13.4. The number of rotatable bonds is 12. The van der Waals surface area contributed by atoms with Crippen LogP contribution in [0.4, 0.5) is 11.4 Å². The normalized spacial score (nSPS) is 13.3. The number of hydrogen-bond acceptors (Lipinski definition) is 4. The Morgan fingerprint density at radius 1 is 0.895 bits per heavy atom. The van der Waals surface area contributed by atoms with Gasteiger partial charge < -0.3 is 20.5 Å². The molecule has 0 bridgehead atoms. The molecule has 2 amide bonds. The molecule has 0 aromatic heterocycles. The number of anilines is 2. The van der Waals surface area contributed by atoms with Gasteiger partial charge in [0, 0.05) is 5.69 Å². The molecule has 3 aromatic carbocycles. The monoisotopic (exact) mass is 516 g/mol. The Bertz CT molecular complexity index is 1220. The Balaban J connectivity index is 1.90. The summed E-state index contributed by atoms with van der Waals surface area (Å²) in [4.78, 5) is 23.5. The highest BCUT2D eigenvalue weighted by molar-refractivity contribution is 6.07. The summed E-state index contributed by atoms with van der Waals surface area (Å²) in [5, 5.41) is 15.5. The number of phenols is 1. The molecule has 0 aliphatic carbocycles. The number of amides is 2. The van der Waals surface area contributed by atoms with Crippen molar-refractivity contribution < 1.29 is 19.4 Å². The molecule has 6 heteroatoms. The molecule has 6 nitrogen and oxygen atoms in total. The molecule has 3 atom stereocenters. The van der Waals surface area contributed by atoms with Crippen molar-refractivity contribution in [1.29, 1.82) is 0 Å². The van der Waals surface area contributed by atoms with E-state index >= 15 is 0 Å². The largest absolute Gasteiger partial charge is 0.505 e. The summed E-state index contributed by atoms with van der Waals surface area (Å²) in [7, 11) is 0. The predicted octanol–water partition coefficient (Wildman–Crippen LogP) is 8.55. The first-order valence-corrected chi connectivity index (χ1v) is 13.5. The molecule has 0 fully saturated rings. The van der Waals surface area contributed by atoms with Crippen LogP contribution in [0.3, 0.4) is 0 Å². The smallest absolute Gasteiger partial charge is 0.259 e. The van der Waals surface area contributed by atoms with Crippen molar-refractivity contribution in [3.05, 3.63) is 76.9 Å². The Labute approximate surface area is 226 Å². The quantitative estimate of drug-likeness (QED) is 0.166. The van der Waals surface area contributed by atoms with Crippen molar-refractivity contribution in [2.24, 2.45) is 0 Å². The topological polar surface area (TPSA) is 87.7 Å². The van der Waals surface area contributed by atoms with Crippen molar-refractivity contribution in [2.45, 2.75) is 78.6 Å². The molecule has 3 aromatic rings. The van der Waals surface area contributed by atoms with Gasteiger partial charge in [-0.15, -0.1) is 0 Å². The third-order valence-electron chi connectivity index (χ3n) is 7.46. The van der Waals surface area contributed by atoms with E-state index in [0.717, 1.165) is 25.0 Å². The average molecular weight is 517 g/mol. The Kier molecular flexibility index (Phi) is 9.94. The second kappa shape index (κ2) is 13.1. The predicted molar refractivity (Wildman–Crippen MR) is 155 cm³/mol. The van der Waals surface area contributed by atoms with Gasteiger partial charge in [0.25, 0.3) is 5.91 Å². The van der Waals surface area contributed by atoms with Crippen LogP contribution in [-0.2, 0) is 4.79 Å². The number of benzene rings is 3. The zero-order chi connectivity index (χ0) is 27.8. The van der Waals surface area contributed by atoms with Crippen LogP contribution in [0.25, 0.3) is 0 Å². The SMILES string of the molecule is CCC(C)c1cc(C(C)CC)c(Oc2ccc(NC(=O)c3cccc(NC=O)c3O)cc2)c(C(C)CC)c1. The second-order valence-electron chi connectivity index (χ2n) is 10.0. The summed E-state index contributed by atoms with van der Waals surface area (Å²) in [6, 6.07) is 16.5. The molecule has 3 rings (SSSR count). The van der Waals surface area contributed by atoms with Crippen LogP contribution < -0.4 is 15.4 Å². The molecular formula is C32H40N2O4. The second-order valence-corrected chi connectivity index (χ2v) is 10.0. The van der Waals surface area contributed by atoms with Gasteiger partial charge in [-0.1, -0.05) is 59.7 Å². The van der Waals surface area contributed by atoms with Gasteiger partial charge in [-0.25, -0.2) is 0 Å². The number of nitrogens with one attached hydrogen (secondary N) is 2. The third-order valence-corrected chi connectivity index (χ3v) is 7.46. The first kappa shape index (κ1) is 28.8. The highest BCUT2D eigenvalue weighted by atomic mass is 16.5. The fraction of sp³-hybridized carbons (Fsp3) is 0.375. The van der Waals surface area contributed by atoms with Crippen LogP contribution in [0.15, 0.2) is 54.6 Å². The number of hydrogen-bond donors (Lipinski definition) is 3. The van der Waals surface area contributed by atoms with Gasteiger partial charge in [-0.05, 0) is 90.1 Å². The number of carbonyl (C=O) groups excluding carboxylic acids is 2. The average Bonchev–Trinajstić information content (AvgIpc) is 2.93. The van der Waals surface area contributed by atoms with Crippen LogP contribution in [0, 0.1) is 0 Å². The lowest BCUT2D eigenvalue weighted by molar-refractivity contribution is -0.105. The van der Waals surface area contributed by atoms with Crippen LogP contribution in [0.5, 0.6) is 17.2 Å². The van der Waals surface area contributed by atoms with E-state index < -0.39 is 5.91 Å². The van der Waals surface area contributed by atoms with Crippen LogP contribution >= 0.6 is 0 Å². The minimum Gasteiger partial charge on any atom is -0.505 e. The standard InChI is InChI=1S/C32H40N2O4/c1-7-20(4)23-17-27(21(5)8-2)31(28(18-23)22(6)9-3)38-25-15-13-24(14-16-25)34-32(37)26-11-10-12-29(30(26)36)33-19-35/h10-22,36H,7-9H2,1-6H3,(H,33,35)(H,34,37). The number of ether oxygens (including phenoxy) is 1. The number of carbonyl (C=O) groups is 2. The van der Waals surface area contributed by atoms with Gasteiger partial charge in [-0.3, -0.25) is 9.59 Å². The molecule has 38 heavy (non-hydrogen) atoms. The number of para-hydroxylation sites is 1. The summed E-state index contributed by atoms with van der Waals surface area (Å²) in [5.41, 5.74) is 4.63. The molecular weight excluding hydrogens is 476 g/mol. The lowest BCUT2D eigenvalue weighted by Gasteiger charge is -2.25. The summed E-state index contributed by atoms with van der Waals surface area (Å²) < 4.78 is 6.57. The van der Waals surface area contributed by atoms with Crippen molar-refractivity contribution in [3.8, 4) is 17.2 Å². The summed E-state index contributed by atoms with van der Waals surface area (Å²) >= 11 is 0. The fourth-order valence-corrected chi connectivity index (χ4v) is 4.34. The van der Waals surface area contributed by atoms with E-state index in [9.17, 15) is 14.7 Å². The molecule has 0 radical (unpaired) electrons. The first-order valence-electron chi connectivity index (χ1n) is 13.5. The molecule has 0 saturated carbocycles. The Morgan fingerprint density at radius 3 is 2.00 bits per heavy atom. The van der Waals surface area contributed by atoms with E-state index in [1.54, 1.807) is 18.2 Å². The maximum absolute atomic E-state index is 12.8. The molecule has 202 valence electrons. The molecule has 0 spiro atoms. The minimum atomic E-state index is -0.482. The van der Waals surface area contributed by atoms with Crippen molar-refractivity contribution in [2.75, 3.05) is 10.6 Å². The minimum absolute atomic E-state index is 0.0648. The van der Waals surface area contributed by atoms with E-state index in [1.165, 1.54) is 28.8 Å². The number of phenolic OH excluding ortho intramolecular Hbond substituents is 1. The highest BCUT2D eigenvalue weighted by Gasteiger charge is 2.22. The van der Waals surface area contributed by atoms with Crippen LogP contribution in [-0.4, -0.2) is 17.4 Å². The van der Waals surface area contributed by atoms with Gasteiger partial charge in [0.05, 0.1) is 11.3 Å². The van der Waals surface area contributed by atoms with Crippen molar-refractivity contribution >= 4 is 23.7 Å². The molecule has 0 aliphatic rings. The molecule has 0 heterocycles.